The Balaban J connectivity index is 3.18. The van der Waals surface area contributed by atoms with Crippen LogP contribution in [0.3, 0.4) is 0 Å². The van der Waals surface area contributed by atoms with Gasteiger partial charge in [0.15, 0.2) is 0 Å². The zero-order valence-corrected chi connectivity index (χ0v) is 10.5. The van der Waals surface area contributed by atoms with Crippen LogP contribution in [-0.4, -0.2) is 11.0 Å². The molecule has 1 unspecified atom stereocenters. The van der Waals surface area contributed by atoms with E-state index in [-0.39, 0.29) is 17.6 Å². The predicted molar refractivity (Wildman–Crippen MR) is 65.6 cm³/mol. The first-order valence-electron chi connectivity index (χ1n) is 5.76. The monoisotopic (exact) mass is 258 g/mol. The fourth-order valence-electron chi connectivity index (χ4n) is 1.80. The molecule has 0 aliphatic rings. The topological polar surface area (TPSA) is 55.2 Å². The molecule has 0 spiro atoms. The SMILES string of the molecule is CCC(Nc1cc(F)cc(F)c1[N+](=O)[O-])C(C)C. The molecule has 100 valence electrons. The lowest BCUT2D eigenvalue weighted by molar-refractivity contribution is -0.386. The molecule has 1 atom stereocenters. The van der Waals surface area contributed by atoms with Gasteiger partial charge in [-0.25, -0.2) is 4.39 Å². The first-order valence-corrected chi connectivity index (χ1v) is 5.76. The number of nitro benzene ring substituents is 1. The minimum atomic E-state index is -1.17. The summed E-state index contributed by atoms with van der Waals surface area (Å²) in [6.07, 6.45) is 0.701. The molecule has 4 nitrogen and oxygen atoms in total. The van der Waals surface area contributed by atoms with Gasteiger partial charge in [0.25, 0.3) is 0 Å². The van der Waals surface area contributed by atoms with Crippen LogP contribution in [0.4, 0.5) is 20.2 Å². The smallest absolute Gasteiger partial charge is 0.327 e. The lowest BCUT2D eigenvalue weighted by Crippen LogP contribution is -2.25. The molecule has 1 aromatic rings. The Kier molecular flexibility index (Phi) is 4.58. The number of anilines is 1. The van der Waals surface area contributed by atoms with Gasteiger partial charge >= 0.3 is 5.69 Å². The van der Waals surface area contributed by atoms with Crippen LogP contribution in [0.2, 0.25) is 0 Å². The average molecular weight is 258 g/mol. The Morgan fingerprint density at radius 2 is 2.00 bits per heavy atom. The van der Waals surface area contributed by atoms with Gasteiger partial charge in [-0.2, -0.15) is 4.39 Å². The molecule has 0 heterocycles. The molecule has 0 bridgehead atoms. The summed E-state index contributed by atoms with van der Waals surface area (Å²) in [5.41, 5.74) is -0.825. The van der Waals surface area contributed by atoms with Crippen molar-refractivity contribution < 1.29 is 13.7 Å². The summed E-state index contributed by atoms with van der Waals surface area (Å²) < 4.78 is 26.5. The Morgan fingerprint density at radius 3 is 2.44 bits per heavy atom. The molecule has 1 aromatic carbocycles. The van der Waals surface area contributed by atoms with Crippen LogP contribution in [0.1, 0.15) is 27.2 Å². The zero-order chi connectivity index (χ0) is 13.9. The Labute approximate surface area is 104 Å². The molecule has 18 heavy (non-hydrogen) atoms. The van der Waals surface area contributed by atoms with E-state index in [2.05, 4.69) is 5.32 Å². The molecule has 0 aromatic heterocycles. The van der Waals surface area contributed by atoms with Crippen molar-refractivity contribution >= 4 is 11.4 Å². The lowest BCUT2D eigenvalue weighted by Gasteiger charge is -2.21. The Morgan fingerprint density at radius 1 is 1.39 bits per heavy atom. The number of benzene rings is 1. The van der Waals surface area contributed by atoms with Crippen molar-refractivity contribution in [3.05, 3.63) is 33.9 Å². The zero-order valence-electron chi connectivity index (χ0n) is 10.5. The third-order valence-electron chi connectivity index (χ3n) is 2.80. The largest absolute Gasteiger partial charge is 0.376 e. The number of nitro groups is 1. The van der Waals surface area contributed by atoms with E-state index in [1.54, 1.807) is 0 Å². The number of rotatable bonds is 5. The van der Waals surface area contributed by atoms with E-state index in [1.165, 1.54) is 0 Å². The van der Waals surface area contributed by atoms with Crippen LogP contribution in [0.15, 0.2) is 12.1 Å². The minimum Gasteiger partial charge on any atom is -0.376 e. The number of hydrogen-bond donors (Lipinski definition) is 1. The van der Waals surface area contributed by atoms with Crippen molar-refractivity contribution in [2.45, 2.75) is 33.2 Å². The molecule has 0 radical (unpaired) electrons. The van der Waals surface area contributed by atoms with E-state index in [4.69, 9.17) is 0 Å². The third kappa shape index (κ3) is 3.15. The molecule has 0 aliphatic carbocycles. The van der Waals surface area contributed by atoms with Crippen LogP contribution in [0.5, 0.6) is 0 Å². The summed E-state index contributed by atoms with van der Waals surface area (Å²) >= 11 is 0. The molecular formula is C12H16F2N2O2. The van der Waals surface area contributed by atoms with E-state index < -0.39 is 22.2 Å². The van der Waals surface area contributed by atoms with Crippen molar-refractivity contribution in [2.75, 3.05) is 5.32 Å². The van der Waals surface area contributed by atoms with Crippen LogP contribution in [-0.2, 0) is 0 Å². The van der Waals surface area contributed by atoms with Crippen molar-refractivity contribution in [1.29, 1.82) is 0 Å². The van der Waals surface area contributed by atoms with E-state index in [0.717, 1.165) is 6.07 Å². The summed E-state index contributed by atoms with van der Waals surface area (Å²) in [5, 5.41) is 13.6. The second kappa shape index (κ2) is 5.75. The first kappa shape index (κ1) is 14.3. The molecule has 1 N–H and O–H groups in total. The van der Waals surface area contributed by atoms with Gasteiger partial charge in [-0.1, -0.05) is 20.8 Å². The maximum atomic E-state index is 13.4. The highest BCUT2D eigenvalue weighted by Gasteiger charge is 2.24. The highest BCUT2D eigenvalue weighted by Crippen LogP contribution is 2.30. The molecule has 1 rings (SSSR count). The highest BCUT2D eigenvalue weighted by molar-refractivity contribution is 5.62. The van der Waals surface area contributed by atoms with Gasteiger partial charge < -0.3 is 5.32 Å². The molecule has 0 saturated heterocycles. The standard InChI is InChI=1S/C12H16F2N2O2/c1-4-10(7(2)3)15-11-6-8(13)5-9(14)12(11)16(17)18/h5-7,10,15H,4H2,1-3H3. The Bertz CT molecular complexity index is 450. The van der Waals surface area contributed by atoms with E-state index >= 15 is 0 Å². The number of nitrogens with zero attached hydrogens (tertiary/aromatic N) is 1. The van der Waals surface area contributed by atoms with Gasteiger partial charge in [-0.05, 0) is 12.3 Å². The van der Waals surface area contributed by atoms with Crippen molar-refractivity contribution in [3.63, 3.8) is 0 Å². The maximum absolute atomic E-state index is 13.4. The minimum absolute atomic E-state index is 0.0788. The van der Waals surface area contributed by atoms with E-state index in [0.29, 0.717) is 12.5 Å². The molecule has 0 fully saturated rings. The van der Waals surface area contributed by atoms with Crippen LogP contribution in [0, 0.1) is 27.7 Å². The fourth-order valence-corrected chi connectivity index (χ4v) is 1.80. The van der Waals surface area contributed by atoms with Crippen molar-refractivity contribution in [2.24, 2.45) is 5.92 Å². The molecular weight excluding hydrogens is 242 g/mol. The molecule has 6 heteroatoms. The predicted octanol–water partition coefficient (Wildman–Crippen LogP) is 3.72. The van der Waals surface area contributed by atoms with Gasteiger partial charge in [0.05, 0.1) is 4.92 Å². The maximum Gasteiger partial charge on any atom is 0.327 e. The number of hydrogen-bond acceptors (Lipinski definition) is 3. The number of halogens is 2. The van der Waals surface area contributed by atoms with Crippen LogP contribution in [0.25, 0.3) is 0 Å². The second-order valence-electron chi connectivity index (χ2n) is 4.44. The number of nitrogens with one attached hydrogen (secondary N) is 1. The Hall–Kier alpha value is -1.72. The van der Waals surface area contributed by atoms with Gasteiger partial charge in [-0.3, -0.25) is 10.1 Å². The summed E-state index contributed by atoms with van der Waals surface area (Å²) in [6, 6.07) is 1.39. The highest BCUT2D eigenvalue weighted by atomic mass is 19.1. The molecule has 0 aliphatic heterocycles. The summed E-state index contributed by atoms with van der Waals surface area (Å²) in [4.78, 5) is 9.95. The van der Waals surface area contributed by atoms with E-state index in [1.807, 2.05) is 20.8 Å². The van der Waals surface area contributed by atoms with Gasteiger partial charge in [0.1, 0.15) is 11.5 Å². The van der Waals surface area contributed by atoms with Crippen molar-refractivity contribution in [1.82, 2.24) is 0 Å². The van der Waals surface area contributed by atoms with Gasteiger partial charge in [-0.15, -0.1) is 0 Å². The second-order valence-corrected chi connectivity index (χ2v) is 4.44. The van der Waals surface area contributed by atoms with Crippen LogP contribution >= 0.6 is 0 Å². The molecule has 0 amide bonds. The first-order chi connectivity index (χ1) is 8.36. The summed E-state index contributed by atoms with van der Waals surface area (Å²) in [6.45, 7) is 5.77. The quantitative estimate of drug-likeness (QED) is 0.646. The fraction of sp³-hybridized carbons (Fsp3) is 0.500. The van der Waals surface area contributed by atoms with Crippen LogP contribution < -0.4 is 5.32 Å². The van der Waals surface area contributed by atoms with Crippen molar-refractivity contribution in [3.8, 4) is 0 Å². The summed E-state index contributed by atoms with van der Waals surface area (Å²) in [5.74, 6) is -1.80. The molecule has 0 saturated carbocycles. The van der Waals surface area contributed by atoms with Gasteiger partial charge in [0, 0.05) is 18.2 Å². The van der Waals surface area contributed by atoms with Gasteiger partial charge in [0.2, 0.25) is 5.82 Å². The van der Waals surface area contributed by atoms with E-state index in [9.17, 15) is 18.9 Å². The summed E-state index contributed by atoms with van der Waals surface area (Å²) in [7, 11) is 0. The lowest BCUT2D eigenvalue weighted by atomic mass is 10.0. The average Bonchev–Trinajstić information content (AvgIpc) is 2.23. The normalized spacial score (nSPS) is 12.6. The third-order valence-corrected chi connectivity index (χ3v) is 2.80.